The van der Waals surface area contributed by atoms with Crippen molar-refractivity contribution < 1.29 is 9.05 Å². The van der Waals surface area contributed by atoms with Crippen LogP contribution in [-0.2, 0) is 0 Å². The van der Waals surface area contributed by atoms with Crippen molar-refractivity contribution in [3.8, 4) is 22.7 Å². The second-order valence-electron chi connectivity index (χ2n) is 4.31. The first-order valence-corrected chi connectivity index (χ1v) is 6.81. The van der Waals surface area contributed by atoms with E-state index in [-0.39, 0.29) is 0 Å². The van der Waals surface area contributed by atoms with Gasteiger partial charge in [-0.2, -0.15) is 0 Å². The summed E-state index contributed by atoms with van der Waals surface area (Å²) in [5, 5.41) is 8.71. The maximum Gasteiger partial charge on any atom is 0.188 e. The monoisotopic (exact) mass is 341 g/mol. The minimum atomic E-state index is 0.495. The van der Waals surface area contributed by atoms with E-state index >= 15 is 0 Å². The number of benzene rings is 1. The first-order chi connectivity index (χ1) is 10.3. The van der Waals surface area contributed by atoms with E-state index in [1.165, 1.54) is 0 Å². The van der Waals surface area contributed by atoms with Crippen LogP contribution in [0.4, 0.5) is 0 Å². The van der Waals surface area contributed by atoms with Crippen LogP contribution >= 0.6 is 15.9 Å². The van der Waals surface area contributed by atoms with Crippen molar-refractivity contribution >= 4 is 26.9 Å². The van der Waals surface area contributed by atoms with Gasteiger partial charge in [-0.25, -0.2) is 9.97 Å². The maximum absolute atomic E-state index is 5.31. The number of nitrogens with zero attached hydrogens (tertiary/aromatic N) is 4. The molecule has 0 aliphatic rings. The maximum atomic E-state index is 5.31. The van der Waals surface area contributed by atoms with Crippen LogP contribution in [0.2, 0.25) is 0 Å². The van der Waals surface area contributed by atoms with E-state index in [2.05, 4.69) is 42.4 Å². The van der Waals surface area contributed by atoms with Gasteiger partial charge in [-0.1, -0.05) is 10.3 Å². The van der Waals surface area contributed by atoms with Crippen molar-refractivity contribution in [1.82, 2.24) is 20.3 Å². The molecule has 3 aromatic heterocycles. The topological polar surface area (TPSA) is 77.8 Å². The molecule has 0 saturated carbocycles. The van der Waals surface area contributed by atoms with Crippen LogP contribution in [0.5, 0.6) is 0 Å². The van der Waals surface area contributed by atoms with Crippen molar-refractivity contribution in [3.05, 3.63) is 47.5 Å². The molecule has 0 aliphatic heterocycles. The zero-order chi connectivity index (χ0) is 14.2. The van der Waals surface area contributed by atoms with Gasteiger partial charge in [0.2, 0.25) is 0 Å². The number of halogens is 1. The zero-order valence-corrected chi connectivity index (χ0v) is 12.0. The SMILES string of the molecule is Brc1cn[c]c(-c2cc(-c3ccc4oncc4c3)no2)n1. The summed E-state index contributed by atoms with van der Waals surface area (Å²) in [6, 6.07) is 7.47. The van der Waals surface area contributed by atoms with Gasteiger partial charge >= 0.3 is 0 Å². The van der Waals surface area contributed by atoms with E-state index in [9.17, 15) is 0 Å². The zero-order valence-electron chi connectivity index (χ0n) is 10.4. The molecule has 6 nitrogen and oxygen atoms in total. The first kappa shape index (κ1) is 12.2. The van der Waals surface area contributed by atoms with Crippen molar-refractivity contribution in [3.63, 3.8) is 0 Å². The Hall–Kier alpha value is -2.54. The smallest absolute Gasteiger partial charge is 0.188 e. The average molecular weight is 342 g/mol. The molecule has 0 bridgehead atoms. The second-order valence-corrected chi connectivity index (χ2v) is 5.12. The van der Waals surface area contributed by atoms with Crippen LogP contribution in [0.1, 0.15) is 0 Å². The predicted octanol–water partition coefficient (Wildman–Crippen LogP) is 3.50. The summed E-state index contributed by atoms with van der Waals surface area (Å²) in [7, 11) is 0. The van der Waals surface area contributed by atoms with E-state index in [4.69, 9.17) is 9.05 Å². The van der Waals surface area contributed by atoms with E-state index in [1.54, 1.807) is 18.5 Å². The lowest BCUT2D eigenvalue weighted by Gasteiger charge is -1.94. The van der Waals surface area contributed by atoms with E-state index < -0.39 is 0 Å². The number of hydrogen-bond donors (Lipinski definition) is 0. The Morgan fingerprint density at radius 1 is 1.10 bits per heavy atom. The largest absolute Gasteiger partial charge is 0.356 e. The predicted molar refractivity (Wildman–Crippen MR) is 77.1 cm³/mol. The third kappa shape index (κ3) is 2.21. The molecular formula is C14H6BrN4O2. The van der Waals surface area contributed by atoms with Crippen molar-refractivity contribution in [2.24, 2.45) is 0 Å². The molecule has 0 aliphatic carbocycles. The summed E-state index contributed by atoms with van der Waals surface area (Å²) in [5.41, 5.74) is 2.83. The van der Waals surface area contributed by atoms with Gasteiger partial charge in [0.05, 0.1) is 12.4 Å². The molecule has 4 rings (SSSR count). The van der Waals surface area contributed by atoms with Gasteiger partial charge in [0.25, 0.3) is 0 Å². The van der Waals surface area contributed by atoms with Gasteiger partial charge in [-0.05, 0) is 34.1 Å². The number of rotatable bonds is 2. The fourth-order valence-electron chi connectivity index (χ4n) is 1.97. The molecule has 0 N–H and O–H groups in total. The molecule has 21 heavy (non-hydrogen) atoms. The molecule has 101 valence electrons. The molecule has 0 atom stereocenters. The van der Waals surface area contributed by atoms with Crippen molar-refractivity contribution in [1.29, 1.82) is 0 Å². The van der Waals surface area contributed by atoms with Crippen molar-refractivity contribution in [2.75, 3.05) is 0 Å². The number of aromatic nitrogens is 4. The van der Waals surface area contributed by atoms with E-state index in [1.807, 2.05) is 18.2 Å². The highest BCUT2D eigenvalue weighted by molar-refractivity contribution is 9.10. The van der Waals surface area contributed by atoms with Gasteiger partial charge in [0.15, 0.2) is 11.3 Å². The highest BCUT2D eigenvalue weighted by Gasteiger charge is 2.12. The lowest BCUT2D eigenvalue weighted by Crippen LogP contribution is -1.84. The third-order valence-electron chi connectivity index (χ3n) is 2.95. The van der Waals surface area contributed by atoms with E-state index in [0.29, 0.717) is 21.8 Å². The minimum Gasteiger partial charge on any atom is -0.356 e. The Kier molecular flexibility index (Phi) is 2.78. The molecular weight excluding hydrogens is 336 g/mol. The highest BCUT2D eigenvalue weighted by atomic mass is 79.9. The quantitative estimate of drug-likeness (QED) is 0.555. The molecule has 0 spiro atoms. The van der Waals surface area contributed by atoms with Gasteiger partial charge in [-0.3, -0.25) is 0 Å². The second kappa shape index (κ2) is 4.78. The molecule has 3 heterocycles. The Labute approximate surface area is 126 Å². The average Bonchev–Trinajstić information content (AvgIpc) is 3.15. The molecule has 1 aromatic carbocycles. The Balaban J connectivity index is 1.76. The van der Waals surface area contributed by atoms with Gasteiger partial charge in [0, 0.05) is 17.0 Å². The summed E-state index contributed by atoms with van der Waals surface area (Å²) in [5.74, 6) is 0.504. The minimum absolute atomic E-state index is 0.495. The van der Waals surface area contributed by atoms with Crippen LogP contribution in [0.15, 0.2) is 50.3 Å². The Morgan fingerprint density at radius 3 is 2.95 bits per heavy atom. The van der Waals surface area contributed by atoms with Crippen LogP contribution in [-0.4, -0.2) is 20.3 Å². The van der Waals surface area contributed by atoms with Crippen molar-refractivity contribution in [2.45, 2.75) is 0 Å². The summed E-state index contributed by atoms with van der Waals surface area (Å²) in [4.78, 5) is 8.17. The van der Waals surface area contributed by atoms with Crippen LogP contribution in [0.3, 0.4) is 0 Å². The Bertz CT molecular complexity index is 931. The van der Waals surface area contributed by atoms with Gasteiger partial charge in [-0.15, -0.1) is 0 Å². The highest BCUT2D eigenvalue weighted by Crippen LogP contribution is 2.27. The normalized spacial score (nSPS) is 11.1. The van der Waals surface area contributed by atoms with Crippen LogP contribution < -0.4 is 0 Å². The van der Waals surface area contributed by atoms with Gasteiger partial charge < -0.3 is 9.05 Å². The van der Waals surface area contributed by atoms with Gasteiger partial charge in [0.1, 0.15) is 22.2 Å². The number of fused-ring (bicyclic) bond motifs is 1. The number of hydrogen-bond acceptors (Lipinski definition) is 6. The summed E-state index contributed by atoms with van der Waals surface area (Å²) < 4.78 is 11.0. The lowest BCUT2D eigenvalue weighted by molar-refractivity contribution is 0.433. The van der Waals surface area contributed by atoms with E-state index in [0.717, 1.165) is 16.5 Å². The summed E-state index contributed by atoms with van der Waals surface area (Å²) >= 11 is 3.26. The third-order valence-corrected chi connectivity index (χ3v) is 3.33. The molecule has 4 aromatic rings. The first-order valence-electron chi connectivity index (χ1n) is 6.02. The van der Waals surface area contributed by atoms with Crippen LogP contribution in [0, 0.1) is 6.20 Å². The molecule has 0 unspecified atom stereocenters. The molecule has 7 heteroatoms. The summed E-state index contributed by atoms with van der Waals surface area (Å²) in [6.45, 7) is 0. The molecule has 0 amide bonds. The summed E-state index contributed by atoms with van der Waals surface area (Å²) in [6.07, 6.45) is 5.98. The molecule has 0 saturated heterocycles. The van der Waals surface area contributed by atoms with Crippen LogP contribution in [0.25, 0.3) is 33.7 Å². The fraction of sp³-hybridized carbons (Fsp3) is 0. The molecule has 1 radical (unpaired) electrons. The fourth-order valence-corrected chi connectivity index (χ4v) is 2.25. The molecule has 0 fully saturated rings. The Morgan fingerprint density at radius 2 is 2.05 bits per heavy atom. The lowest BCUT2D eigenvalue weighted by atomic mass is 10.1. The standard InChI is InChI=1S/C14H6BrN4O2/c15-14-7-16-6-11(18-14)13-4-10(19-21-13)8-1-2-12-9(3-8)5-17-20-12/h1-5,7H.